The topological polar surface area (TPSA) is 93.0 Å². The van der Waals surface area contributed by atoms with E-state index >= 15 is 0 Å². The van der Waals surface area contributed by atoms with Crippen LogP contribution in [0.3, 0.4) is 0 Å². The summed E-state index contributed by atoms with van der Waals surface area (Å²) >= 11 is 3.46. The Morgan fingerprint density at radius 1 is 1.38 bits per heavy atom. The number of H-pyrrole nitrogens is 1. The first-order valence-corrected chi connectivity index (χ1v) is 8.86. The molecule has 6 nitrogen and oxygen atoms in total. The fraction of sp³-hybridized carbons (Fsp3) is 0.412. The first kappa shape index (κ1) is 18.5. The number of nitrogens with zero attached hydrogens (tertiary/aromatic N) is 1. The molecule has 0 aliphatic heterocycles. The van der Waals surface area contributed by atoms with Crippen LogP contribution < -0.4 is 16.0 Å². The van der Waals surface area contributed by atoms with Crippen molar-refractivity contribution >= 4 is 21.8 Å². The predicted molar refractivity (Wildman–Crippen MR) is 97.8 cm³/mol. The Balaban J connectivity index is 2.29. The lowest BCUT2D eigenvalue weighted by Gasteiger charge is -2.12. The molecule has 0 spiro atoms. The number of nitrogens with two attached hydrogens (primary N) is 1. The van der Waals surface area contributed by atoms with Crippen LogP contribution in [0.2, 0.25) is 0 Å². The molecule has 4 N–H and O–H groups in total. The zero-order valence-corrected chi connectivity index (χ0v) is 15.6. The third kappa shape index (κ3) is 4.36. The normalized spacial score (nSPS) is 10.7. The molecule has 2 aromatic rings. The van der Waals surface area contributed by atoms with Crippen LogP contribution in [0, 0.1) is 6.92 Å². The molecule has 0 aliphatic rings. The number of rotatable bonds is 8. The number of nitrogens with one attached hydrogen (secondary N) is 2. The molecule has 2 rings (SSSR count). The Morgan fingerprint density at radius 2 is 2.17 bits per heavy atom. The maximum Gasteiger partial charge on any atom is 0.269 e. The lowest BCUT2D eigenvalue weighted by molar-refractivity contribution is 0.0954. The number of nitrogen functional groups attached to an aromatic ring is 1. The van der Waals surface area contributed by atoms with Gasteiger partial charge in [0.15, 0.2) is 0 Å². The molecule has 24 heavy (non-hydrogen) atoms. The number of hydrazine groups is 1. The van der Waals surface area contributed by atoms with Gasteiger partial charge in [0, 0.05) is 15.7 Å². The van der Waals surface area contributed by atoms with E-state index in [4.69, 9.17) is 10.6 Å². The Bertz CT molecular complexity index is 700. The van der Waals surface area contributed by atoms with Crippen molar-refractivity contribution in [3.8, 4) is 17.0 Å². The highest BCUT2D eigenvalue weighted by molar-refractivity contribution is 9.10. The lowest BCUT2D eigenvalue weighted by Crippen LogP contribution is -2.30. The Hall–Kier alpha value is -1.86. The molecule has 0 aliphatic carbocycles. The molecule has 1 amide bonds. The van der Waals surface area contributed by atoms with Crippen molar-refractivity contribution in [1.82, 2.24) is 15.6 Å². The van der Waals surface area contributed by atoms with Crippen LogP contribution in [-0.2, 0) is 0 Å². The summed E-state index contributed by atoms with van der Waals surface area (Å²) in [5.74, 6) is 5.61. The van der Waals surface area contributed by atoms with Crippen molar-refractivity contribution in [3.63, 3.8) is 0 Å². The minimum Gasteiger partial charge on any atom is -0.493 e. The van der Waals surface area contributed by atoms with E-state index in [1.54, 1.807) is 6.92 Å². The van der Waals surface area contributed by atoms with Gasteiger partial charge in [-0.2, -0.15) is 5.10 Å². The molecule has 1 heterocycles. The zero-order chi connectivity index (χ0) is 17.5. The number of aromatic nitrogens is 2. The highest BCUT2D eigenvalue weighted by Crippen LogP contribution is 2.34. The highest BCUT2D eigenvalue weighted by atomic mass is 79.9. The number of aromatic amines is 1. The number of carbonyl (C=O) groups is 1. The largest absolute Gasteiger partial charge is 0.493 e. The van der Waals surface area contributed by atoms with Crippen molar-refractivity contribution in [1.29, 1.82) is 0 Å². The van der Waals surface area contributed by atoms with E-state index in [1.165, 1.54) is 12.8 Å². The van der Waals surface area contributed by atoms with E-state index in [-0.39, 0.29) is 5.91 Å². The van der Waals surface area contributed by atoms with Crippen LogP contribution in [0.15, 0.2) is 22.7 Å². The van der Waals surface area contributed by atoms with Crippen molar-refractivity contribution in [2.75, 3.05) is 6.61 Å². The van der Waals surface area contributed by atoms with Crippen molar-refractivity contribution in [3.05, 3.63) is 33.9 Å². The molecule has 0 bridgehead atoms. The summed E-state index contributed by atoms with van der Waals surface area (Å²) in [6.45, 7) is 4.60. The number of hydrogen-bond donors (Lipinski definition) is 3. The molecule has 0 radical (unpaired) electrons. The van der Waals surface area contributed by atoms with Gasteiger partial charge in [0.2, 0.25) is 0 Å². The van der Waals surface area contributed by atoms with E-state index in [0.29, 0.717) is 29.3 Å². The summed E-state index contributed by atoms with van der Waals surface area (Å²) < 4.78 is 6.82. The smallest absolute Gasteiger partial charge is 0.269 e. The van der Waals surface area contributed by atoms with Crippen LogP contribution in [0.5, 0.6) is 5.75 Å². The van der Waals surface area contributed by atoms with Crippen molar-refractivity contribution in [2.24, 2.45) is 5.84 Å². The van der Waals surface area contributed by atoms with Crippen LogP contribution in [-0.4, -0.2) is 22.7 Å². The van der Waals surface area contributed by atoms with E-state index in [9.17, 15) is 4.79 Å². The van der Waals surface area contributed by atoms with Crippen molar-refractivity contribution < 1.29 is 9.53 Å². The van der Waals surface area contributed by atoms with Gasteiger partial charge in [0.1, 0.15) is 11.4 Å². The van der Waals surface area contributed by atoms with Gasteiger partial charge in [-0.05, 0) is 31.5 Å². The predicted octanol–water partition coefficient (Wildman–Crippen LogP) is 3.71. The fourth-order valence-corrected chi connectivity index (χ4v) is 2.86. The Morgan fingerprint density at radius 3 is 2.88 bits per heavy atom. The molecule has 0 saturated heterocycles. The van der Waals surface area contributed by atoms with E-state index < -0.39 is 0 Å². The van der Waals surface area contributed by atoms with Gasteiger partial charge in [-0.3, -0.25) is 15.3 Å². The van der Waals surface area contributed by atoms with Gasteiger partial charge in [0.25, 0.3) is 5.91 Å². The first-order chi connectivity index (χ1) is 11.6. The molecular weight excluding hydrogens is 372 g/mol. The molecule has 130 valence electrons. The molecular formula is C17H23BrN4O2. The third-order valence-corrected chi connectivity index (χ3v) is 4.25. The highest BCUT2D eigenvalue weighted by Gasteiger charge is 2.21. The number of halogens is 1. The minimum absolute atomic E-state index is 0.384. The van der Waals surface area contributed by atoms with Gasteiger partial charge in [-0.15, -0.1) is 0 Å². The van der Waals surface area contributed by atoms with E-state index in [2.05, 4.69) is 38.5 Å². The van der Waals surface area contributed by atoms with Crippen LogP contribution in [0.1, 0.15) is 48.7 Å². The van der Waals surface area contributed by atoms with Crippen molar-refractivity contribution in [2.45, 2.75) is 39.5 Å². The van der Waals surface area contributed by atoms with Gasteiger partial charge < -0.3 is 4.74 Å². The summed E-state index contributed by atoms with van der Waals surface area (Å²) in [6.07, 6.45) is 4.54. The van der Waals surface area contributed by atoms with Gasteiger partial charge in [0.05, 0.1) is 12.2 Å². The molecule has 0 fully saturated rings. The van der Waals surface area contributed by atoms with Crippen LogP contribution >= 0.6 is 15.9 Å². The third-order valence-electron chi connectivity index (χ3n) is 3.76. The minimum atomic E-state index is -0.384. The second-order valence-corrected chi connectivity index (χ2v) is 6.51. The van der Waals surface area contributed by atoms with Gasteiger partial charge in [-0.25, -0.2) is 5.84 Å². The quantitative estimate of drug-likeness (QED) is 0.275. The van der Waals surface area contributed by atoms with Gasteiger partial charge in [-0.1, -0.05) is 42.1 Å². The SMILES string of the molecule is CCCCCCOc1ccc(Br)cc1-c1n[nH]c(C)c1C(=O)NN. The fourth-order valence-electron chi connectivity index (χ4n) is 2.50. The molecule has 1 aromatic carbocycles. The molecule has 0 unspecified atom stereocenters. The Kier molecular flexibility index (Phi) is 6.81. The first-order valence-electron chi connectivity index (χ1n) is 8.07. The van der Waals surface area contributed by atoms with Gasteiger partial charge >= 0.3 is 0 Å². The number of hydrogen-bond acceptors (Lipinski definition) is 4. The summed E-state index contributed by atoms with van der Waals surface area (Å²) in [5.41, 5.74) is 4.53. The maximum atomic E-state index is 12.1. The average Bonchev–Trinajstić information content (AvgIpc) is 2.96. The zero-order valence-electron chi connectivity index (χ0n) is 14.0. The number of amides is 1. The standard InChI is InChI=1S/C17H23BrN4O2/c1-3-4-5-6-9-24-14-8-7-12(18)10-13(14)16-15(17(23)20-19)11(2)21-22-16/h7-8,10H,3-6,9,19H2,1-2H3,(H,20,23)(H,21,22). The van der Waals surface area contributed by atoms with Crippen LogP contribution in [0.25, 0.3) is 11.3 Å². The monoisotopic (exact) mass is 394 g/mol. The molecule has 0 saturated carbocycles. The average molecular weight is 395 g/mol. The summed E-state index contributed by atoms with van der Waals surface area (Å²) in [7, 11) is 0. The maximum absolute atomic E-state index is 12.1. The van der Waals surface area contributed by atoms with Crippen LogP contribution in [0.4, 0.5) is 0 Å². The molecule has 0 atom stereocenters. The number of ether oxygens (including phenoxy) is 1. The Labute approximate surface area is 150 Å². The molecule has 1 aromatic heterocycles. The number of unbranched alkanes of at least 4 members (excludes halogenated alkanes) is 3. The number of benzene rings is 1. The number of aryl methyl sites for hydroxylation is 1. The molecule has 7 heteroatoms. The second-order valence-electron chi connectivity index (χ2n) is 5.60. The second kappa shape index (κ2) is 8.84. The van der Waals surface area contributed by atoms with E-state index in [1.807, 2.05) is 18.2 Å². The number of carbonyl (C=O) groups excluding carboxylic acids is 1. The summed E-state index contributed by atoms with van der Waals surface area (Å²) in [4.78, 5) is 12.1. The lowest BCUT2D eigenvalue weighted by atomic mass is 10.0. The summed E-state index contributed by atoms with van der Waals surface area (Å²) in [6, 6.07) is 5.69. The summed E-state index contributed by atoms with van der Waals surface area (Å²) in [5, 5.41) is 7.12. The van der Waals surface area contributed by atoms with E-state index in [0.717, 1.165) is 22.9 Å².